The molecule has 0 saturated heterocycles. The van der Waals surface area contributed by atoms with Gasteiger partial charge in [-0.2, -0.15) is 16.4 Å². The second-order valence-corrected chi connectivity index (χ2v) is 4.31. The number of rotatable bonds is 3. The van der Waals surface area contributed by atoms with Gasteiger partial charge in [0, 0.05) is 19.7 Å². The molecule has 0 N–H and O–H groups in total. The quantitative estimate of drug-likeness (QED) is 0.743. The molecule has 2 aromatic rings. The van der Waals surface area contributed by atoms with Crippen molar-refractivity contribution in [1.29, 1.82) is 0 Å². The van der Waals surface area contributed by atoms with Gasteiger partial charge in [-0.15, -0.1) is 0 Å². The third-order valence-electron chi connectivity index (χ3n) is 2.26. The molecule has 0 aliphatic rings. The summed E-state index contributed by atoms with van der Waals surface area (Å²) in [5, 5.41) is 8.15. The average molecular weight is 220 g/mol. The molecule has 2 heterocycles. The smallest absolute Gasteiger partial charge is 0.170 e. The van der Waals surface area contributed by atoms with E-state index in [2.05, 4.69) is 5.10 Å². The molecular weight excluding hydrogens is 208 g/mol. The largest absolute Gasteiger partial charge is 0.294 e. The minimum atomic E-state index is 0.138. The lowest BCUT2D eigenvalue weighted by molar-refractivity contribution is 0.0992. The molecule has 78 valence electrons. The van der Waals surface area contributed by atoms with E-state index >= 15 is 0 Å². The van der Waals surface area contributed by atoms with Gasteiger partial charge in [0.1, 0.15) is 0 Å². The van der Waals surface area contributed by atoms with Crippen LogP contribution in [0.4, 0.5) is 0 Å². The maximum Gasteiger partial charge on any atom is 0.170 e. The van der Waals surface area contributed by atoms with Crippen LogP contribution < -0.4 is 0 Å². The Kier molecular flexibility index (Phi) is 2.68. The molecule has 15 heavy (non-hydrogen) atoms. The zero-order valence-corrected chi connectivity index (χ0v) is 9.54. The molecule has 0 radical (unpaired) electrons. The first-order chi connectivity index (χ1) is 7.16. The highest BCUT2D eigenvalue weighted by atomic mass is 32.1. The monoisotopic (exact) mass is 220 g/mol. The van der Waals surface area contributed by atoms with Gasteiger partial charge in [0.25, 0.3) is 0 Å². The van der Waals surface area contributed by atoms with E-state index in [4.69, 9.17) is 0 Å². The summed E-state index contributed by atoms with van der Waals surface area (Å²) in [6.07, 6.45) is 2.25. The predicted molar refractivity (Wildman–Crippen MR) is 60.3 cm³/mol. The summed E-state index contributed by atoms with van der Waals surface area (Å²) in [6, 6.07) is 1.98. The minimum absolute atomic E-state index is 0.138. The fourth-order valence-electron chi connectivity index (χ4n) is 1.55. The van der Waals surface area contributed by atoms with Gasteiger partial charge in [0.15, 0.2) is 5.78 Å². The molecule has 0 bridgehead atoms. The summed E-state index contributed by atoms with van der Waals surface area (Å²) in [5.74, 6) is 0.138. The van der Waals surface area contributed by atoms with Gasteiger partial charge < -0.3 is 0 Å². The van der Waals surface area contributed by atoms with Gasteiger partial charge in [0.2, 0.25) is 0 Å². The van der Waals surface area contributed by atoms with Crippen molar-refractivity contribution in [3.05, 3.63) is 39.8 Å². The minimum Gasteiger partial charge on any atom is -0.294 e. The van der Waals surface area contributed by atoms with Crippen molar-refractivity contribution < 1.29 is 4.79 Å². The maximum atomic E-state index is 11.9. The van der Waals surface area contributed by atoms with Crippen LogP contribution in [0.3, 0.4) is 0 Å². The Morgan fingerprint density at radius 2 is 2.40 bits per heavy atom. The van der Waals surface area contributed by atoms with E-state index in [9.17, 15) is 4.79 Å². The zero-order valence-electron chi connectivity index (χ0n) is 8.73. The van der Waals surface area contributed by atoms with Crippen LogP contribution in [-0.2, 0) is 13.5 Å². The standard InChI is InChI=1S/C11H12N2OS/c1-8-10(6-13(2)12-8)11(14)5-9-3-4-15-7-9/h3-4,6-7H,5H2,1-2H3. The summed E-state index contributed by atoms with van der Waals surface area (Å²) in [7, 11) is 1.83. The summed E-state index contributed by atoms with van der Waals surface area (Å²) in [6.45, 7) is 1.86. The average Bonchev–Trinajstić information content (AvgIpc) is 2.75. The topological polar surface area (TPSA) is 34.9 Å². The Balaban J connectivity index is 2.18. The molecule has 2 aromatic heterocycles. The molecule has 0 aliphatic carbocycles. The first-order valence-corrected chi connectivity index (χ1v) is 5.65. The SMILES string of the molecule is Cc1nn(C)cc1C(=O)Cc1ccsc1. The van der Waals surface area contributed by atoms with E-state index in [-0.39, 0.29) is 5.78 Å². The Bertz CT molecular complexity index is 471. The summed E-state index contributed by atoms with van der Waals surface area (Å²) in [5.41, 5.74) is 2.61. The summed E-state index contributed by atoms with van der Waals surface area (Å²) in [4.78, 5) is 11.9. The van der Waals surface area contributed by atoms with E-state index in [1.807, 2.05) is 30.8 Å². The van der Waals surface area contributed by atoms with Gasteiger partial charge in [-0.1, -0.05) is 0 Å². The number of Topliss-reactive ketones (excluding diaryl/α,β-unsaturated/α-hetero) is 1. The summed E-state index contributed by atoms with van der Waals surface area (Å²) >= 11 is 1.61. The van der Waals surface area contributed by atoms with Crippen molar-refractivity contribution in [1.82, 2.24) is 9.78 Å². The fraction of sp³-hybridized carbons (Fsp3) is 0.273. The number of carbonyl (C=O) groups is 1. The number of thiophene rings is 1. The van der Waals surface area contributed by atoms with Crippen LogP contribution in [0.2, 0.25) is 0 Å². The van der Waals surface area contributed by atoms with E-state index in [0.29, 0.717) is 6.42 Å². The lowest BCUT2D eigenvalue weighted by atomic mass is 10.1. The van der Waals surface area contributed by atoms with Crippen LogP contribution in [0.15, 0.2) is 23.0 Å². The van der Waals surface area contributed by atoms with E-state index < -0.39 is 0 Å². The zero-order chi connectivity index (χ0) is 10.8. The number of carbonyl (C=O) groups excluding carboxylic acids is 1. The van der Waals surface area contributed by atoms with Crippen LogP contribution in [0, 0.1) is 6.92 Å². The molecule has 0 fully saturated rings. The van der Waals surface area contributed by atoms with Gasteiger partial charge in [-0.25, -0.2) is 0 Å². The maximum absolute atomic E-state index is 11.9. The molecule has 0 spiro atoms. The second kappa shape index (κ2) is 3.98. The van der Waals surface area contributed by atoms with Crippen LogP contribution in [0.25, 0.3) is 0 Å². The third kappa shape index (κ3) is 2.15. The first-order valence-electron chi connectivity index (χ1n) is 4.71. The molecule has 0 aromatic carbocycles. The predicted octanol–water partition coefficient (Wildman–Crippen LogP) is 2.22. The van der Waals surface area contributed by atoms with Crippen molar-refractivity contribution in [2.24, 2.45) is 7.05 Å². The number of nitrogens with zero attached hydrogens (tertiary/aromatic N) is 2. The Morgan fingerprint density at radius 1 is 1.60 bits per heavy atom. The highest BCUT2D eigenvalue weighted by Crippen LogP contribution is 2.12. The highest BCUT2D eigenvalue weighted by Gasteiger charge is 2.12. The molecular formula is C11H12N2OS. The van der Waals surface area contributed by atoms with Crippen molar-refractivity contribution in [3.63, 3.8) is 0 Å². The number of ketones is 1. The lowest BCUT2D eigenvalue weighted by Gasteiger charge is -1.95. The van der Waals surface area contributed by atoms with Crippen molar-refractivity contribution in [3.8, 4) is 0 Å². The molecule has 0 unspecified atom stereocenters. The number of aromatic nitrogens is 2. The highest BCUT2D eigenvalue weighted by molar-refractivity contribution is 7.08. The van der Waals surface area contributed by atoms with Crippen molar-refractivity contribution in [2.75, 3.05) is 0 Å². The van der Waals surface area contributed by atoms with Crippen LogP contribution in [-0.4, -0.2) is 15.6 Å². The van der Waals surface area contributed by atoms with Crippen molar-refractivity contribution >= 4 is 17.1 Å². The van der Waals surface area contributed by atoms with E-state index in [0.717, 1.165) is 16.8 Å². The molecule has 4 heteroatoms. The van der Waals surface area contributed by atoms with Gasteiger partial charge in [0.05, 0.1) is 11.3 Å². The molecule has 0 atom stereocenters. The number of hydrogen-bond donors (Lipinski definition) is 0. The van der Waals surface area contributed by atoms with Crippen LogP contribution in [0.5, 0.6) is 0 Å². The molecule has 0 aliphatic heterocycles. The first kappa shape index (κ1) is 10.1. The normalized spacial score (nSPS) is 10.5. The van der Waals surface area contributed by atoms with E-state index in [1.54, 1.807) is 22.2 Å². The number of hydrogen-bond acceptors (Lipinski definition) is 3. The fourth-order valence-corrected chi connectivity index (χ4v) is 2.22. The second-order valence-electron chi connectivity index (χ2n) is 3.53. The van der Waals surface area contributed by atoms with Crippen molar-refractivity contribution in [2.45, 2.75) is 13.3 Å². The van der Waals surface area contributed by atoms with Gasteiger partial charge in [-0.3, -0.25) is 9.48 Å². The van der Waals surface area contributed by atoms with E-state index in [1.165, 1.54) is 0 Å². The Morgan fingerprint density at radius 3 is 2.93 bits per heavy atom. The molecule has 0 amide bonds. The number of aryl methyl sites for hydroxylation is 2. The molecule has 3 nitrogen and oxygen atoms in total. The Hall–Kier alpha value is -1.42. The summed E-state index contributed by atoms with van der Waals surface area (Å²) < 4.78 is 1.68. The van der Waals surface area contributed by atoms with Gasteiger partial charge >= 0.3 is 0 Å². The van der Waals surface area contributed by atoms with Crippen LogP contribution in [0.1, 0.15) is 21.6 Å². The van der Waals surface area contributed by atoms with Gasteiger partial charge in [-0.05, 0) is 29.3 Å². The lowest BCUT2D eigenvalue weighted by Crippen LogP contribution is -2.03. The third-order valence-corrected chi connectivity index (χ3v) is 2.99. The molecule has 2 rings (SSSR count). The van der Waals surface area contributed by atoms with Crippen LogP contribution >= 0.6 is 11.3 Å². The Labute approximate surface area is 92.4 Å². The molecule has 0 saturated carbocycles.